The first-order valence-electron chi connectivity index (χ1n) is 5.38. The maximum atomic E-state index is 11.0. The van der Waals surface area contributed by atoms with Crippen molar-refractivity contribution in [2.45, 2.75) is 6.61 Å². The maximum Gasteiger partial charge on any atom is 0.349 e. The van der Waals surface area contributed by atoms with Gasteiger partial charge in [-0.15, -0.1) is 11.3 Å². The molecule has 2 rings (SSSR count). The number of aromatic carboxylic acids is 1. The predicted molar refractivity (Wildman–Crippen MR) is 76.3 cm³/mol. The average molecular weight is 343 g/mol. The third-order valence-electron chi connectivity index (χ3n) is 2.46. The van der Waals surface area contributed by atoms with Crippen molar-refractivity contribution >= 4 is 33.2 Å². The molecule has 0 fully saturated rings. The molecule has 0 aliphatic rings. The molecule has 0 unspecified atom stereocenters. The van der Waals surface area contributed by atoms with Crippen LogP contribution in [0, 0.1) is 0 Å². The van der Waals surface area contributed by atoms with Crippen molar-refractivity contribution in [2.75, 3.05) is 7.11 Å². The van der Waals surface area contributed by atoms with E-state index in [4.69, 9.17) is 14.6 Å². The van der Waals surface area contributed by atoms with Crippen LogP contribution in [-0.4, -0.2) is 18.2 Å². The highest BCUT2D eigenvalue weighted by molar-refractivity contribution is 9.10. The number of thiophene rings is 1. The van der Waals surface area contributed by atoms with Crippen molar-refractivity contribution in [3.63, 3.8) is 0 Å². The summed E-state index contributed by atoms with van der Waals surface area (Å²) >= 11 is 4.57. The van der Waals surface area contributed by atoms with Crippen molar-refractivity contribution in [1.29, 1.82) is 0 Å². The van der Waals surface area contributed by atoms with E-state index in [9.17, 15) is 4.79 Å². The zero-order chi connectivity index (χ0) is 13.8. The topological polar surface area (TPSA) is 55.8 Å². The van der Waals surface area contributed by atoms with Crippen LogP contribution in [0.5, 0.6) is 11.5 Å². The smallest absolute Gasteiger partial charge is 0.349 e. The third-order valence-corrected chi connectivity index (χ3v) is 4.12. The molecule has 0 amide bonds. The highest BCUT2D eigenvalue weighted by Gasteiger charge is 2.13. The lowest BCUT2D eigenvalue weighted by Crippen LogP contribution is -2.01. The number of hydrogen-bond donors (Lipinski definition) is 1. The van der Waals surface area contributed by atoms with Gasteiger partial charge in [-0.05, 0) is 29.6 Å². The summed E-state index contributed by atoms with van der Waals surface area (Å²) in [5.74, 6) is 0.132. The van der Waals surface area contributed by atoms with E-state index in [0.717, 1.165) is 27.1 Å². The second-order valence-electron chi connectivity index (χ2n) is 3.67. The number of hydrogen-bond acceptors (Lipinski definition) is 4. The number of benzene rings is 1. The first-order valence-corrected chi connectivity index (χ1v) is 7.05. The van der Waals surface area contributed by atoms with E-state index in [1.54, 1.807) is 18.6 Å². The minimum Gasteiger partial charge on any atom is -0.497 e. The molecule has 1 aromatic carbocycles. The Hall–Kier alpha value is -1.53. The van der Waals surface area contributed by atoms with Crippen LogP contribution >= 0.6 is 27.3 Å². The van der Waals surface area contributed by atoms with Crippen LogP contribution in [0.1, 0.15) is 15.2 Å². The minimum atomic E-state index is -0.977. The molecule has 0 spiro atoms. The number of halogens is 1. The molecule has 0 saturated heterocycles. The number of methoxy groups -OCH3 is 1. The van der Waals surface area contributed by atoms with Crippen LogP contribution in [0.4, 0.5) is 0 Å². The molecule has 4 nitrogen and oxygen atoms in total. The minimum absolute atomic E-state index is 0.207. The Morgan fingerprint density at radius 1 is 1.42 bits per heavy atom. The maximum absolute atomic E-state index is 11.0. The summed E-state index contributed by atoms with van der Waals surface area (Å²) in [4.78, 5) is 11.2. The van der Waals surface area contributed by atoms with Gasteiger partial charge < -0.3 is 14.6 Å². The van der Waals surface area contributed by atoms with Gasteiger partial charge in [0, 0.05) is 10.0 Å². The van der Waals surface area contributed by atoms with E-state index in [-0.39, 0.29) is 11.5 Å². The Kier molecular flexibility index (Phi) is 4.44. The highest BCUT2D eigenvalue weighted by Crippen LogP contribution is 2.28. The van der Waals surface area contributed by atoms with Crippen molar-refractivity contribution in [2.24, 2.45) is 0 Å². The summed E-state index contributed by atoms with van der Waals surface area (Å²) in [5, 5.41) is 10.7. The number of carboxylic acids is 1. The highest BCUT2D eigenvalue weighted by atomic mass is 79.9. The van der Waals surface area contributed by atoms with E-state index in [2.05, 4.69) is 15.9 Å². The molecule has 0 bridgehead atoms. The zero-order valence-corrected chi connectivity index (χ0v) is 12.5. The van der Waals surface area contributed by atoms with Crippen LogP contribution in [0.25, 0.3) is 0 Å². The number of carboxylic acid groups (broad SMARTS) is 1. The molecule has 0 aliphatic heterocycles. The summed E-state index contributed by atoms with van der Waals surface area (Å²) in [6.45, 7) is 0.273. The van der Waals surface area contributed by atoms with Gasteiger partial charge in [0.25, 0.3) is 0 Å². The van der Waals surface area contributed by atoms with Crippen molar-refractivity contribution in [3.05, 3.63) is 44.6 Å². The molecule has 2 aromatic rings. The Morgan fingerprint density at radius 3 is 2.89 bits per heavy atom. The lowest BCUT2D eigenvalue weighted by molar-refractivity contribution is 0.0697. The fraction of sp³-hybridized carbons (Fsp3) is 0.154. The van der Waals surface area contributed by atoms with Crippen LogP contribution < -0.4 is 9.47 Å². The summed E-state index contributed by atoms with van der Waals surface area (Å²) in [6.07, 6.45) is 0. The molecule has 1 aromatic heterocycles. The van der Waals surface area contributed by atoms with Gasteiger partial charge in [0.15, 0.2) is 4.88 Å². The summed E-state index contributed by atoms with van der Waals surface area (Å²) in [6, 6.07) is 7.20. The number of carbonyl (C=O) groups is 1. The van der Waals surface area contributed by atoms with E-state index in [1.807, 2.05) is 18.2 Å². The zero-order valence-electron chi connectivity index (χ0n) is 10.1. The van der Waals surface area contributed by atoms with E-state index < -0.39 is 5.97 Å². The lowest BCUT2D eigenvalue weighted by atomic mass is 10.2. The molecule has 0 saturated carbocycles. The van der Waals surface area contributed by atoms with Crippen molar-refractivity contribution < 1.29 is 19.4 Å². The van der Waals surface area contributed by atoms with Crippen LogP contribution in [0.15, 0.2) is 34.1 Å². The molecule has 1 heterocycles. The molecule has 19 heavy (non-hydrogen) atoms. The van der Waals surface area contributed by atoms with Crippen LogP contribution in [-0.2, 0) is 6.61 Å². The molecular formula is C13H11BrO4S. The standard InChI is InChI=1S/C13H11BrO4S/c1-17-9-2-3-10(14)8(6-9)7-18-11-4-5-19-12(11)13(15)16/h2-6H,7H2,1H3,(H,15,16). The predicted octanol–water partition coefficient (Wildman–Crippen LogP) is 3.80. The van der Waals surface area contributed by atoms with Crippen molar-refractivity contribution in [3.8, 4) is 11.5 Å². The Labute approximate surface area is 122 Å². The number of rotatable bonds is 5. The molecule has 6 heteroatoms. The lowest BCUT2D eigenvalue weighted by Gasteiger charge is -2.09. The SMILES string of the molecule is COc1ccc(Br)c(COc2ccsc2C(=O)O)c1. The quantitative estimate of drug-likeness (QED) is 0.897. The number of ether oxygens (including phenoxy) is 2. The first kappa shape index (κ1) is 13.9. The normalized spacial score (nSPS) is 10.2. The van der Waals surface area contributed by atoms with Crippen molar-refractivity contribution in [1.82, 2.24) is 0 Å². The fourth-order valence-electron chi connectivity index (χ4n) is 1.51. The van der Waals surface area contributed by atoms with Gasteiger partial charge in [0.05, 0.1) is 7.11 Å². The van der Waals surface area contributed by atoms with E-state index in [0.29, 0.717) is 5.75 Å². The molecular weight excluding hydrogens is 332 g/mol. The second-order valence-corrected chi connectivity index (χ2v) is 5.44. The Bertz CT molecular complexity index is 594. The third kappa shape index (κ3) is 3.27. The Balaban J connectivity index is 2.14. The molecule has 0 atom stereocenters. The summed E-state index contributed by atoms with van der Waals surface area (Å²) in [7, 11) is 1.59. The Morgan fingerprint density at radius 2 is 2.21 bits per heavy atom. The van der Waals surface area contributed by atoms with Crippen LogP contribution in [0.3, 0.4) is 0 Å². The molecule has 1 N–H and O–H groups in total. The summed E-state index contributed by atoms with van der Waals surface area (Å²) < 4.78 is 11.6. The molecule has 0 aliphatic carbocycles. The van der Waals surface area contributed by atoms with Gasteiger partial charge in [-0.3, -0.25) is 0 Å². The largest absolute Gasteiger partial charge is 0.497 e. The average Bonchev–Trinajstić information content (AvgIpc) is 2.86. The summed E-state index contributed by atoms with van der Waals surface area (Å²) in [5.41, 5.74) is 0.891. The monoisotopic (exact) mass is 342 g/mol. The van der Waals surface area contributed by atoms with E-state index in [1.165, 1.54) is 0 Å². The van der Waals surface area contributed by atoms with E-state index >= 15 is 0 Å². The van der Waals surface area contributed by atoms with Gasteiger partial charge in [0.1, 0.15) is 18.1 Å². The first-order chi connectivity index (χ1) is 9.11. The molecule has 100 valence electrons. The van der Waals surface area contributed by atoms with Crippen LogP contribution in [0.2, 0.25) is 0 Å². The van der Waals surface area contributed by atoms with Gasteiger partial charge >= 0.3 is 5.97 Å². The van der Waals surface area contributed by atoms with Gasteiger partial charge in [-0.1, -0.05) is 15.9 Å². The van der Waals surface area contributed by atoms with Gasteiger partial charge in [-0.2, -0.15) is 0 Å². The second kappa shape index (κ2) is 6.08. The fourth-order valence-corrected chi connectivity index (χ4v) is 2.54. The van der Waals surface area contributed by atoms with Gasteiger partial charge in [-0.25, -0.2) is 4.79 Å². The van der Waals surface area contributed by atoms with Gasteiger partial charge in [0.2, 0.25) is 0 Å². The molecule has 0 radical (unpaired) electrons.